The quantitative estimate of drug-likeness (QED) is 0.498. The van der Waals surface area contributed by atoms with Crippen LogP contribution in [-0.4, -0.2) is 25.8 Å². The van der Waals surface area contributed by atoms with Crippen molar-refractivity contribution in [3.05, 3.63) is 0 Å². The van der Waals surface area contributed by atoms with Crippen molar-refractivity contribution in [1.82, 2.24) is 0 Å². The fourth-order valence-corrected chi connectivity index (χ4v) is 4.09. The molecule has 0 aromatic rings. The Kier molecular flexibility index (Phi) is 11.7. The van der Waals surface area contributed by atoms with Crippen molar-refractivity contribution in [2.75, 3.05) is 11.5 Å². The summed E-state index contributed by atoms with van der Waals surface area (Å²) in [5.41, 5.74) is 5.09. The first-order valence-electron chi connectivity index (χ1n) is 8.38. The number of hydrogen-bond donors (Lipinski definition) is 1. The summed E-state index contributed by atoms with van der Waals surface area (Å²) < 4.78 is 23.5. The lowest BCUT2D eigenvalue weighted by Crippen LogP contribution is -2.28. The van der Waals surface area contributed by atoms with Gasteiger partial charge >= 0.3 is 0 Å². The first-order chi connectivity index (χ1) is 9.89. The Labute approximate surface area is 130 Å². The highest BCUT2D eigenvalue weighted by Crippen LogP contribution is 2.11. The lowest BCUT2D eigenvalue weighted by Gasteiger charge is -2.08. The van der Waals surface area contributed by atoms with Gasteiger partial charge < -0.3 is 5.73 Å². The van der Waals surface area contributed by atoms with Gasteiger partial charge in [0.05, 0.1) is 11.5 Å². The number of nitrogens with two attached hydrogens (primary N) is 1. The maximum atomic E-state index is 11.8. The van der Waals surface area contributed by atoms with Crippen LogP contribution in [0.1, 0.15) is 78.1 Å². The summed E-state index contributed by atoms with van der Waals surface area (Å²) in [6.07, 6.45) is 11.8. The molecule has 126 valence electrons. The van der Waals surface area contributed by atoms with Gasteiger partial charge in [0.15, 0.2) is 9.84 Å². The van der Waals surface area contributed by atoms with Crippen LogP contribution in [-0.2, 0) is 14.6 Å². The van der Waals surface area contributed by atoms with Crippen molar-refractivity contribution in [3.8, 4) is 0 Å². The molecule has 0 aliphatic heterocycles. The van der Waals surface area contributed by atoms with Gasteiger partial charge in [-0.05, 0) is 6.42 Å². The van der Waals surface area contributed by atoms with E-state index in [-0.39, 0.29) is 11.5 Å². The zero-order valence-corrected chi connectivity index (χ0v) is 14.6. The maximum Gasteiger partial charge on any atom is 0.221 e. The number of hydrogen-bond acceptors (Lipinski definition) is 3. The Morgan fingerprint density at radius 1 is 0.905 bits per heavy atom. The van der Waals surface area contributed by atoms with E-state index in [1.807, 2.05) is 0 Å². The molecule has 0 aliphatic rings. The van der Waals surface area contributed by atoms with Gasteiger partial charge in [0.25, 0.3) is 0 Å². The standard InChI is InChI=1S/C16H33NO3S/c1-3-4-5-6-7-8-9-10-11-12-13-21(19,20)14-15(2)16(17)18/h15H,3-14H2,1-2H3,(H2,17,18). The maximum absolute atomic E-state index is 11.8. The molecule has 0 aliphatic carbocycles. The first-order valence-corrected chi connectivity index (χ1v) is 10.2. The Morgan fingerprint density at radius 3 is 1.76 bits per heavy atom. The number of primary amides is 1. The van der Waals surface area contributed by atoms with E-state index in [0.29, 0.717) is 6.42 Å². The second-order valence-corrected chi connectivity index (χ2v) is 8.33. The molecule has 5 heteroatoms. The van der Waals surface area contributed by atoms with Gasteiger partial charge in [-0.2, -0.15) is 0 Å². The van der Waals surface area contributed by atoms with E-state index in [9.17, 15) is 13.2 Å². The summed E-state index contributed by atoms with van der Waals surface area (Å²) in [4.78, 5) is 10.9. The van der Waals surface area contributed by atoms with Gasteiger partial charge in [-0.1, -0.05) is 71.6 Å². The summed E-state index contributed by atoms with van der Waals surface area (Å²) >= 11 is 0. The molecule has 1 amide bonds. The monoisotopic (exact) mass is 319 g/mol. The van der Waals surface area contributed by atoms with E-state index in [2.05, 4.69) is 6.92 Å². The summed E-state index contributed by atoms with van der Waals surface area (Å²) in [6, 6.07) is 0. The van der Waals surface area contributed by atoms with Gasteiger partial charge in [-0.3, -0.25) is 4.79 Å². The van der Waals surface area contributed by atoms with Crippen molar-refractivity contribution in [2.45, 2.75) is 78.1 Å². The van der Waals surface area contributed by atoms with Crippen LogP contribution in [0.4, 0.5) is 0 Å². The molecular formula is C16H33NO3S. The molecule has 0 bridgehead atoms. The normalized spacial score (nSPS) is 13.2. The highest BCUT2D eigenvalue weighted by molar-refractivity contribution is 7.91. The summed E-state index contributed by atoms with van der Waals surface area (Å²) in [7, 11) is -3.13. The van der Waals surface area contributed by atoms with Crippen LogP contribution >= 0.6 is 0 Å². The average Bonchev–Trinajstić information content (AvgIpc) is 2.40. The number of carbonyl (C=O) groups excluding carboxylic acids is 1. The Morgan fingerprint density at radius 2 is 1.33 bits per heavy atom. The largest absolute Gasteiger partial charge is 0.369 e. The lowest BCUT2D eigenvalue weighted by atomic mass is 10.1. The van der Waals surface area contributed by atoms with Crippen LogP contribution in [0.3, 0.4) is 0 Å². The molecule has 0 aromatic carbocycles. The SMILES string of the molecule is CCCCCCCCCCCCS(=O)(=O)CC(C)C(N)=O. The van der Waals surface area contributed by atoms with E-state index in [4.69, 9.17) is 5.73 Å². The minimum atomic E-state index is -3.13. The molecule has 0 saturated carbocycles. The van der Waals surface area contributed by atoms with Crippen molar-refractivity contribution in [2.24, 2.45) is 11.7 Å². The van der Waals surface area contributed by atoms with Crippen LogP contribution in [0.25, 0.3) is 0 Å². The molecule has 0 fully saturated rings. The van der Waals surface area contributed by atoms with Gasteiger partial charge in [0, 0.05) is 5.92 Å². The highest BCUT2D eigenvalue weighted by atomic mass is 32.2. The first kappa shape index (κ1) is 20.4. The highest BCUT2D eigenvalue weighted by Gasteiger charge is 2.19. The molecule has 0 spiro atoms. The molecule has 0 heterocycles. The van der Waals surface area contributed by atoms with E-state index < -0.39 is 21.7 Å². The third-order valence-corrected chi connectivity index (χ3v) is 5.72. The number of sulfone groups is 1. The van der Waals surface area contributed by atoms with Crippen molar-refractivity contribution in [3.63, 3.8) is 0 Å². The summed E-state index contributed by atoms with van der Waals surface area (Å²) in [6.45, 7) is 3.79. The smallest absolute Gasteiger partial charge is 0.221 e. The van der Waals surface area contributed by atoms with Crippen LogP contribution in [0.5, 0.6) is 0 Å². The van der Waals surface area contributed by atoms with E-state index in [1.54, 1.807) is 6.92 Å². The third-order valence-electron chi connectivity index (χ3n) is 3.80. The van der Waals surface area contributed by atoms with Gasteiger partial charge in [0.1, 0.15) is 0 Å². The summed E-state index contributed by atoms with van der Waals surface area (Å²) in [5.74, 6) is -1.05. The van der Waals surface area contributed by atoms with Gasteiger partial charge in [0.2, 0.25) is 5.91 Å². The molecule has 2 N–H and O–H groups in total. The number of rotatable bonds is 14. The van der Waals surface area contributed by atoms with Crippen LogP contribution in [0, 0.1) is 5.92 Å². The zero-order chi connectivity index (χ0) is 16.1. The van der Waals surface area contributed by atoms with Crippen LogP contribution in [0.15, 0.2) is 0 Å². The second-order valence-electron chi connectivity index (χ2n) is 6.10. The minimum Gasteiger partial charge on any atom is -0.369 e. The molecule has 0 radical (unpaired) electrons. The predicted octanol–water partition coefficient (Wildman–Crippen LogP) is 3.44. The predicted molar refractivity (Wildman–Crippen MR) is 88.9 cm³/mol. The number of unbranched alkanes of at least 4 members (excludes halogenated alkanes) is 9. The Balaban J connectivity index is 3.51. The topological polar surface area (TPSA) is 77.2 Å². The lowest BCUT2D eigenvalue weighted by molar-refractivity contribution is -0.120. The van der Waals surface area contributed by atoms with Crippen molar-refractivity contribution in [1.29, 1.82) is 0 Å². The van der Waals surface area contributed by atoms with Crippen molar-refractivity contribution < 1.29 is 13.2 Å². The molecule has 4 nitrogen and oxygen atoms in total. The molecule has 1 unspecified atom stereocenters. The molecule has 1 atom stereocenters. The molecule has 21 heavy (non-hydrogen) atoms. The van der Waals surface area contributed by atoms with E-state index >= 15 is 0 Å². The Hall–Kier alpha value is -0.580. The Bertz CT molecular complexity index is 366. The zero-order valence-electron chi connectivity index (χ0n) is 13.8. The van der Waals surface area contributed by atoms with Gasteiger partial charge in [-0.15, -0.1) is 0 Å². The summed E-state index contributed by atoms with van der Waals surface area (Å²) in [5, 5.41) is 0. The number of carbonyl (C=O) groups is 1. The molecule has 0 saturated heterocycles. The van der Waals surface area contributed by atoms with Crippen molar-refractivity contribution >= 4 is 15.7 Å². The fraction of sp³-hybridized carbons (Fsp3) is 0.938. The van der Waals surface area contributed by atoms with Crippen LogP contribution < -0.4 is 5.73 Å². The average molecular weight is 320 g/mol. The molecule has 0 rings (SSSR count). The third kappa shape index (κ3) is 12.8. The van der Waals surface area contributed by atoms with E-state index in [0.717, 1.165) is 12.8 Å². The fourth-order valence-electron chi connectivity index (χ4n) is 2.36. The van der Waals surface area contributed by atoms with Gasteiger partial charge in [-0.25, -0.2) is 8.42 Å². The molecular weight excluding hydrogens is 286 g/mol. The number of amides is 1. The second kappa shape index (κ2) is 12.0. The molecule has 0 aromatic heterocycles. The minimum absolute atomic E-state index is 0.111. The van der Waals surface area contributed by atoms with E-state index in [1.165, 1.54) is 44.9 Å². The van der Waals surface area contributed by atoms with Crippen LogP contribution in [0.2, 0.25) is 0 Å².